The molecule has 4 rings (SSSR count). The van der Waals surface area contributed by atoms with Crippen molar-refractivity contribution < 1.29 is 0 Å². The minimum absolute atomic E-state index is 0.820. The molecule has 0 spiro atoms. The molecule has 1 aliphatic heterocycles. The summed E-state index contributed by atoms with van der Waals surface area (Å²) >= 11 is 2.32. The Kier molecular flexibility index (Phi) is 4.16. The van der Waals surface area contributed by atoms with Crippen LogP contribution in [0.15, 0.2) is 48.5 Å². The van der Waals surface area contributed by atoms with Crippen LogP contribution in [0.1, 0.15) is 19.3 Å². The summed E-state index contributed by atoms with van der Waals surface area (Å²) in [6.07, 6.45) is 3.82. The lowest BCUT2D eigenvalue weighted by atomic mass is 10.1. The van der Waals surface area contributed by atoms with E-state index in [9.17, 15) is 0 Å². The zero-order chi connectivity index (χ0) is 15.6. The summed E-state index contributed by atoms with van der Waals surface area (Å²) in [5.41, 5.74) is 2.10. The van der Waals surface area contributed by atoms with Gasteiger partial charge < -0.3 is 4.90 Å². The molecule has 0 N–H and O–H groups in total. The molecule has 1 aromatic heterocycles. The topological polar surface area (TPSA) is 29.0 Å². The molecule has 2 heterocycles. The molecular formula is C19H18IN3. The van der Waals surface area contributed by atoms with E-state index < -0.39 is 0 Å². The van der Waals surface area contributed by atoms with Crippen molar-refractivity contribution in [2.75, 3.05) is 18.0 Å². The molecule has 23 heavy (non-hydrogen) atoms. The molecule has 0 bridgehead atoms. The zero-order valence-electron chi connectivity index (χ0n) is 12.9. The second kappa shape index (κ2) is 6.43. The van der Waals surface area contributed by atoms with Gasteiger partial charge in [0.05, 0.1) is 5.52 Å². The summed E-state index contributed by atoms with van der Waals surface area (Å²) in [7, 11) is 0. The lowest BCUT2D eigenvalue weighted by Gasteiger charge is -2.29. The highest BCUT2D eigenvalue weighted by molar-refractivity contribution is 14.1. The maximum absolute atomic E-state index is 4.94. The first-order chi connectivity index (χ1) is 11.3. The Morgan fingerprint density at radius 3 is 2.35 bits per heavy atom. The molecule has 0 amide bonds. The first-order valence-corrected chi connectivity index (χ1v) is 9.17. The largest absolute Gasteiger partial charge is 0.356 e. The van der Waals surface area contributed by atoms with Crippen LogP contribution in [0.2, 0.25) is 0 Å². The fraction of sp³-hybridized carbons (Fsp3) is 0.263. The van der Waals surface area contributed by atoms with Crippen molar-refractivity contribution in [2.24, 2.45) is 0 Å². The molecule has 0 aliphatic carbocycles. The van der Waals surface area contributed by atoms with Gasteiger partial charge in [0.25, 0.3) is 0 Å². The van der Waals surface area contributed by atoms with E-state index in [0.29, 0.717) is 0 Å². The van der Waals surface area contributed by atoms with Crippen molar-refractivity contribution in [3.8, 4) is 11.4 Å². The maximum Gasteiger partial charge on any atom is 0.162 e. The van der Waals surface area contributed by atoms with Crippen LogP contribution < -0.4 is 4.90 Å². The van der Waals surface area contributed by atoms with E-state index in [2.05, 4.69) is 70.0 Å². The van der Waals surface area contributed by atoms with Gasteiger partial charge in [-0.1, -0.05) is 24.3 Å². The average Bonchev–Trinajstić information content (AvgIpc) is 2.62. The normalized spacial score (nSPS) is 15.1. The number of hydrogen-bond donors (Lipinski definition) is 0. The minimum Gasteiger partial charge on any atom is -0.356 e. The van der Waals surface area contributed by atoms with E-state index in [-0.39, 0.29) is 0 Å². The molecule has 0 radical (unpaired) electrons. The number of anilines is 1. The Morgan fingerprint density at radius 1 is 0.826 bits per heavy atom. The summed E-state index contributed by atoms with van der Waals surface area (Å²) in [5, 5.41) is 1.16. The summed E-state index contributed by atoms with van der Waals surface area (Å²) in [6, 6.07) is 16.8. The Labute approximate surface area is 149 Å². The molecule has 0 unspecified atom stereocenters. The highest BCUT2D eigenvalue weighted by Gasteiger charge is 2.17. The van der Waals surface area contributed by atoms with Gasteiger partial charge in [-0.2, -0.15) is 0 Å². The molecule has 0 saturated carbocycles. The van der Waals surface area contributed by atoms with E-state index in [1.807, 2.05) is 6.07 Å². The third-order valence-corrected chi connectivity index (χ3v) is 5.06. The summed E-state index contributed by atoms with van der Waals surface area (Å²) in [4.78, 5) is 12.1. The molecule has 1 saturated heterocycles. The van der Waals surface area contributed by atoms with Crippen LogP contribution in [0, 0.1) is 3.57 Å². The second-order valence-corrected chi connectivity index (χ2v) is 7.19. The van der Waals surface area contributed by atoms with Gasteiger partial charge in [0, 0.05) is 27.6 Å². The first-order valence-electron chi connectivity index (χ1n) is 8.09. The maximum atomic E-state index is 4.94. The fourth-order valence-electron chi connectivity index (χ4n) is 3.13. The molecule has 3 nitrogen and oxygen atoms in total. The van der Waals surface area contributed by atoms with Crippen molar-refractivity contribution in [1.82, 2.24) is 9.97 Å². The van der Waals surface area contributed by atoms with Crippen molar-refractivity contribution in [1.29, 1.82) is 0 Å². The number of fused-ring (bicyclic) bond motifs is 1. The minimum atomic E-state index is 0.820. The summed E-state index contributed by atoms with van der Waals surface area (Å²) in [5.74, 6) is 1.91. The Bertz CT molecular complexity index is 824. The van der Waals surface area contributed by atoms with E-state index in [0.717, 1.165) is 41.2 Å². The monoisotopic (exact) mass is 415 g/mol. The molecule has 4 heteroatoms. The highest BCUT2D eigenvalue weighted by Crippen LogP contribution is 2.29. The number of benzene rings is 2. The van der Waals surface area contributed by atoms with Crippen molar-refractivity contribution >= 4 is 39.3 Å². The second-order valence-electron chi connectivity index (χ2n) is 5.94. The number of rotatable bonds is 2. The molecule has 2 aromatic carbocycles. The predicted octanol–water partition coefficient (Wildman–Crippen LogP) is 4.89. The number of piperidine rings is 1. The number of hydrogen-bond acceptors (Lipinski definition) is 3. The van der Waals surface area contributed by atoms with Gasteiger partial charge in [0.2, 0.25) is 0 Å². The lowest BCUT2D eigenvalue weighted by Crippen LogP contribution is -2.30. The van der Waals surface area contributed by atoms with Crippen LogP contribution in [-0.4, -0.2) is 23.1 Å². The van der Waals surface area contributed by atoms with Crippen LogP contribution in [0.25, 0.3) is 22.3 Å². The molecular weight excluding hydrogens is 397 g/mol. The van der Waals surface area contributed by atoms with E-state index >= 15 is 0 Å². The van der Waals surface area contributed by atoms with Crippen LogP contribution in [0.5, 0.6) is 0 Å². The van der Waals surface area contributed by atoms with Crippen molar-refractivity contribution in [2.45, 2.75) is 19.3 Å². The SMILES string of the molecule is Ic1ccc(-c2nc(N3CCCCC3)c3ccccc3n2)cc1. The number of halogens is 1. The van der Waals surface area contributed by atoms with E-state index in [4.69, 9.17) is 9.97 Å². The Balaban J connectivity index is 1.87. The van der Waals surface area contributed by atoms with Gasteiger partial charge in [-0.3, -0.25) is 0 Å². The average molecular weight is 415 g/mol. The van der Waals surface area contributed by atoms with Crippen LogP contribution in [-0.2, 0) is 0 Å². The zero-order valence-corrected chi connectivity index (χ0v) is 15.0. The smallest absolute Gasteiger partial charge is 0.162 e. The summed E-state index contributed by atoms with van der Waals surface area (Å²) < 4.78 is 1.23. The van der Waals surface area contributed by atoms with Gasteiger partial charge in [-0.15, -0.1) is 0 Å². The van der Waals surface area contributed by atoms with E-state index in [1.54, 1.807) is 0 Å². The Morgan fingerprint density at radius 2 is 1.57 bits per heavy atom. The number of nitrogens with zero attached hydrogens (tertiary/aromatic N) is 3. The molecule has 1 fully saturated rings. The van der Waals surface area contributed by atoms with Crippen LogP contribution >= 0.6 is 22.6 Å². The fourth-order valence-corrected chi connectivity index (χ4v) is 3.49. The molecule has 116 valence electrons. The molecule has 1 aliphatic rings. The van der Waals surface area contributed by atoms with Crippen molar-refractivity contribution in [3.05, 3.63) is 52.1 Å². The lowest BCUT2D eigenvalue weighted by molar-refractivity contribution is 0.575. The predicted molar refractivity (Wildman–Crippen MR) is 104 cm³/mol. The third kappa shape index (κ3) is 3.04. The molecule has 3 aromatic rings. The van der Waals surface area contributed by atoms with Gasteiger partial charge in [0.15, 0.2) is 5.82 Å². The third-order valence-electron chi connectivity index (χ3n) is 4.34. The number of para-hydroxylation sites is 1. The van der Waals surface area contributed by atoms with Gasteiger partial charge in [0.1, 0.15) is 5.82 Å². The van der Waals surface area contributed by atoms with Crippen LogP contribution in [0.3, 0.4) is 0 Å². The number of aromatic nitrogens is 2. The molecule has 0 atom stereocenters. The Hall–Kier alpha value is -1.69. The standard InChI is InChI=1S/C19H18IN3/c20-15-10-8-14(9-11-15)18-21-17-7-3-2-6-16(17)19(22-18)23-12-4-1-5-13-23/h2-3,6-11H,1,4-5,12-13H2. The van der Waals surface area contributed by atoms with Gasteiger partial charge in [-0.05, 0) is 66.1 Å². The highest BCUT2D eigenvalue weighted by atomic mass is 127. The first kappa shape index (κ1) is 14.9. The van der Waals surface area contributed by atoms with Gasteiger partial charge in [-0.25, -0.2) is 9.97 Å². The summed E-state index contributed by atoms with van der Waals surface area (Å²) in [6.45, 7) is 2.18. The van der Waals surface area contributed by atoms with E-state index in [1.165, 1.54) is 22.8 Å². The van der Waals surface area contributed by atoms with Crippen molar-refractivity contribution in [3.63, 3.8) is 0 Å². The van der Waals surface area contributed by atoms with Crippen LogP contribution in [0.4, 0.5) is 5.82 Å². The van der Waals surface area contributed by atoms with Gasteiger partial charge >= 0.3 is 0 Å². The quantitative estimate of drug-likeness (QED) is 0.558.